The number of aliphatic hydroxyl groups excluding tert-OH is 2. The van der Waals surface area contributed by atoms with E-state index in [1.807, 2.05) is 0 Å². The molecule has 0 unspecified atom stereocenters. The fourth-order valence-electron chi connectivity index (χ4n) is 1.63. The van der Waals surface area contributed by atoms with Crippen LogP contribution in [-0.2, 0) is 14.2 Å². The molecule has 5 heteroatoms. The minimum Gasteiger partial charge on any atom is -0.388 e. The van der Waals surface area contributed by atoms with E-state index < -0.39 is 30.4 Å². The van der Waals surface area contributed by atoms with Gasteiger partial charge in [0.05, 0.1) is 6.61 Å². The number of hydrogen-bond donors (Lipinski definition) is 2. The largest absolute Gasteiger partial charge is 0.388 e. The van der Waals surface area contributed by atoms with E-state index in [9.17, 15) is 10.2 Å². The van der Waals surface area contributed by atoms with Gasteiger partial charge in [0.15, 0.2) is 12.1 Å². The molecular formula is C8H14O5. The molecule has 0 aromatic heterocycles. The summed E-state index contributed by atoms with van der Waals surface area (Å²) in [5.41, 5.74) is 0. The van der Waals surface area contributed by atoms with Gasteiger partial charge in [-0.05, 0) is 13.8 Å². The van der Waals surface area contributed by atoms with Crippen LogP contribution in [0, 0.1) is 0 Å². The summed E-state index contributed by atoms with van der Waals surface area (Å²) < 4.78 is 15.9. The molecule has 0 radical (unpaired) electrons. The van der Waals surface area contributed by atoms with Gasteiger partial charge in [-0.25, -0.2) is 0 Å². The van der Waals surface area contributed by atoms with Crippen LogP contribution in [0.4, 0.5) is 0 Å². The molecule has 76 valence electrons. The first-order valence-electron chi connectivity index (χ1n) is 4.33. The summed E-state index contributed by atoms with van der Waals surface area (Å²) in [6.07, 6.45) is -2.97. The Bertz CT molecular complexity index is 205. The topological polar surface area (TPSA) is 68.2 Å². The first-order valence-corrected chi connectivity index (χ1v) is 4.33. The molecule has 0 aromatic rings. The molecular weight excluding hydrogens is 176 g/mol. The minimum absolute atomic E-state index is 0.0851. The van der Waals surface area contributed by atoms with Gasteiger partial charge < -0.3 is 24.4 Å². The fraction of sp³-hybridized carbons (Fsp3) is 1.00. The van der Waals surface area contributed by atoms with Crippen molar-refractivity contribution in [3.63, 3.8) is 0 Å². The van der Waals surface area contributed by atoms with Gasteiger partial charge in [0.2, 0.25) is 0 Å². The molecule has 0 aliphatic carbocycles. The number of aliphatic hydroxyl groups is 2. The third-order valence-corrected chi connectivity index (χ3v) is 2.25. The van der Waals surface area contributed by atoms with Crippen molar-refractivity contribution in [3.8, 4) is 0 Å². The Morgan fingerprint density at radius 1 is 1.23 bits per heavy atom. The highest BCUT2D eigenvalue weighted by molar-refractivity contribution is 4.89. The average molecular weight is 190 g/mol. The number of hydrogen-bond acceptors (Lipinski definition) is 5. The van der Waals surface area contributed by atoms with Gasteiger partial charge in [-0.15, -0.1) is 0 Å². The smallest absolute Gasteiger partial charge is 0.189 e. The molecule has 5 nitrogen and oxygen atoms in total. The van der Waals surface area contributed by atoms with E-state index in [4.69, 9.17) is 14.2 Å². The Labute approximate surface area is 76.2 Å². The first kappa shape index (κ1) is 9.36. The Morgan fingerprint density at radius 3 is 2.62 bits per heavy atom. The number of ether oxygens (including phenoxy) is 3. The van der Waals surface area contributed by atoms with E-state index in [2.05, 4.69) is 0 Å². The molecule has 2 saturated heterocycles. The predicted molar refractivity (Wildman–Crippen MR) is 41.8 cm³/mol. The lowest BCUT2D eigenvalue weighted by atomic mass is 10.1. The summed E-state index contributed by atoms with van der Waals surface area (Å²) in [5, 5.41) is 18.8. The summed E-state index contributed by atoms with van der Waals surface area (Å²) in [6.45, 7) is 3.57. The molecule has 0 saturated carbocycles. The molecule has 0 amide bonds. The third-order valence-electron chi connectivity index (χ3n) is 2.25. The van der Waals surface area contributed by atoms with Crippen LogP contribution < -0.4 is 0 Å². The van der Waals surface area contributed by atoms with Crippen molar-refractivity contribution in [2.75, 3.05) is 6.61 Å². The Kier molecular flexibility index (Phi) is 2.08. The molecule has 13 heavy (non-hydrogen) atoms. The summed E-state index contributed by atoms with van der Waals surface area (Å²) in [6, 6.07) is 0. The van der Waals surface area contributed by atoms with E-state index in [1.54, 1.807) is 13.8 Å². The fourth-order valence-corrected chi connectivity index (χ4v) is 1.63. The SMILES string of the molecule is CC1(C)O[C@H]2OC[C@@H](O)[C@@H](O)[C@H]2O1. The molecule has 2 N–H and O–H groups in total. The second-order valence-corrected chi connectivity index (χ2v) is 3.86. The van der Waals surface area contributed by atoms with Crippen LogP contribution in [-0.4, -0.2) is 47.2 Å². The Hall–Kier alpha value is -0.200. The highest BCUT2D eigenvalue weighted by atomic mass is 16.8. The summed E-state index contributed by atoms with van der Waals surface area (Å²) in [4.78, 5) is 0. The van der Waals surface area contributed by atoms with Gasteiger partial charge in [0.1, 0.15) is 18.3 Å². The van der Waals surface area contributed by atoms with E-state index in [-0.39, 0.29) is 6.61 Å². The van der Waals surface area contributed by atoms with Crippen LogP contribution in [0.2, 0.25) is 0 Å². The molecule has 0 spiro atoms. The zero-order valence-corrected chi connectivity index (χ0v) is 7.64. The van der Waals surface area contributed by atoms with Crippen LogP contribution in [0.25, 0.3) is 0 Å². The summed E-state index contributed by atoms with van der Waals surface area (Å²) in [7, 11) is 0. The maximum Gasteiger partial charge on any atom is 0.189 e. The number of rotatable bonds is 0. The van der Waals surface area contributed by atoms with Gasteiger partial charge >= 0.3 is 0 Å². The van der Waals surface area contributed by atoms with Crippen LogP contribution >= 0.6 is 0 Å². The van der Waals surface area contributed by atoms with Crippen molar-refractivity contribution in [3.05, 3.63) is 0 Å². The third kappa shape index (κ3) is 1.58. The van der Waals surface area contributed by atoms with Crippen LogP contribution in [0.5, 0.6) is 0 Å². The molecule has 2 fully saturated rings. The predicted octanol–water partition coefficient (Wildman–Crippen LogP) is -0.784. The maximum absolute atomic E-state index is 9.55. The summed E-state index contributed by atoms with van der Waals surface area (Å²) >= 11 is 0. The Balaban J connectivity index is 2.11. The lowest BCUT2D eigenvalue weighted by molar-refractivity contribution is -0.217. The first-order chi connectivity index (χ1) is 5.99. The van der Waals surface area contributed by atoms with E-state index in [0.29, 0.717) is 0 Å². The standard InChI is InChI=1S/C8H14O5/c1-8(2)12-6-5(10)4(9)3-11-7(6)13-8/h4-7,9-10H,3H2,1-2H3/t4-,5-,6-,7-/m1/s1. The van der Waals surface area contributed by atoms with Crippen molar-refractivity contribution < 1.29 is 24.4 Å². The minimum atomic E-state index is -0.930. The molecule has 4 atom stereocenters. The molecule has 0 bridgehead atoms. The van der Waals surface area contributed by atoms with E-state index in [0.717, 1.165) is 0 Å². The van der Waals surface area contributed by atoms with Crippen LogP contribution in [0.15, 0.2) is 0 Å². The Morgan fingerprint density at radius 2 is 1.92 bits per heavy atom. The van der Waals surface area contributed by atoms with Crippen LogP contribution in [0.1, 0.15) is 13.8 Å². The van der Waals surface area contributed by atoms with Crippen molar-refractivity contribution in [1.29, 1.82) is 0 Å². The van der Waals surface area contributed by atoms with Crippen molar-refractivity contribution in [2.45, 2.75) is 44.2 Å². The van der Waals surface area contributed by atoms with Gasteiger partial charge in [-0.2, -0.15) is 0 Å². The summed E-state index contributed by atoms with van der Waals surface area (Å²) in [5.74, 6) is -0.750. The van der Waals surface area contributed by atoms with Crippen molar-refractivity contribution in [1.82, 2.24) is 0 Å². The second-order valence-electron chi connectivity index (χ2n) is 3.86. The maximum atomic E-state index is 9.55. The molecule has 2 rings (SSSR count). The zero-order chi connectivity index (χ0) is 9.64. The van der Waals surface area contributed by atoms with Gasteiger partial charge in [-0.3, -0.25) is 0 Å². The van der Waals surface area contributed by atoms with E-state index in [1.165, 1.54) is 0 Å². The van der Waals surface area contributed by atoms with E-state index >= 15 is 0 Å². The lowest BCUT2D eigenvalue weighted by Gasteiger charge is -2.31. The normalized spacial score (nSPS) is 48.9. The average Bonchev–Trinajstić information content (AvgIpc) is 2.34. The molecule has 2 heterocycles. The molecule has 0 aromatic carbocycles. The monoisotopic (exact) mass is 190 g/mol. The molecule has 2 aliphatic rings. The molecule has 2 aliphatic heterocycles. The van der Waals surface area contributed by atoms with Crippen molar-refractivity contribution >= 4 is 0 Å². The van der Waals surface area contributed by atoms with Crippen molar-refractivity contribution in [2.24, 2.45) is 0 Å². The quantitative estimate of drug-likeness (QED) is 0.524. The van der Waals surface area contributed by atoms with Gasteiger partial charge in [0.25, 0.3) is 0 Å². The van der Waals surface area contributed by atoms with Gasteiger partial charge in [-0.1, -0.05) is 0 Å². The second kappa shape index (κ2) is 2.90. The number of fused-ring (bicyclic) bond motifs is 1. The lowest BCUT2D eigenvalue weighted by Crippen LogP contribution is -2.51. The van der Waals surface area contributed by atoms with Gasteiger partial charge in [0, 0.05) is 0 Å². The zero-order valence-electron chi connectivity index (χ0n) is 7.64. The van der Waals surface area contributed by atoms with Crippen LogP contribution in [0.3, 0.4) is 0 Å². The highest BCUT2D eigenvalue weighted by Crippen LogP contribution is 2.33. The highest BCUT2D eigenvalue weighted by Gasteiger charge is 2.50.